The fraction of sp³-hybridized carbons (Fsp3) is 0.174. The zero-order chi connectivity index (χ0) is 21.3. The molecule has 0 saturated carbocycles. The molecule has 4 rings (SSSR count). The maximum atomic E-state index is 13.3. The van der Waals surface area contributed by atoms with Gasteiger partial charge in [-0.3, -0.25) is 4.79 Å². The molecule has 0 bridgehead atoms. The Morgan fingerprint density at radius 2 is 1.87 bits per heavy atom. The summed E-state index contributed by atoms with van der Waals surface area (Å²) < 4.78 is 10.8. The molecule has 2 aromatic carbocycles. The maximum absolute atomic E-state index is 13.3. The summed E-state index contributed by atoms with van der Waals surface area (Å²) in [5.74, 6) is -0.606. The number of allylic oxidation sites excluding steroid dienone is 1. The summed E-state index contributed by atoms with van der Waals surface area (Å²) in [4.78, 5) is 37.9. The first-order chi connectivity index (χ1) is 14.5. The highest BCUT2D eigenvalue weighted by Crippen LogP contribution is 2.28. The first kappa shape index (κ1) is 19.4. The maximum Gasteiger partial charge on any atom is 0.338 e. The fourth-order valence-corrected chi connectivity index (χ4v) is 3.56. The Kier molecular flexibility index (Phi) is 5.10. The van der Waals surface area contributed by atoms with Crippen LogP contribution in [0.3, 0.4) is 0 Å². The summed E-state index contributed by atoms with van der Waals surface area (Å²) in [5.41, 5.74) is 2.58. The van der Waals surface area contributed by atoms with Gasteiger partial charge in [0, 0.05) is 5.70 Å². The summed E-state index contributed by atoms with van der Waals surface area (Å²) in [6.45, 7) is 3.45. The van der Waals surface area contributed by atoms with Crippen molar-refractivity contribution in [3.8, 4) is 11.1 Å². The van der Waals surface area contributed by atoms with Crippen molar-refractivity contribution in [2.75, 3.05) is 6.61 Å². The molecule has 0 saturated heterocycles. The van der Waals surface area contributed by atoms with Crippen LogP contribution in [0.4, 0.5) is 4.79 Å². The molecule has 7 nitrogen and oxygen atoms in total. The van der Waals surface area contributed by atoms with E-state index in [1.54, 1.807) is 26.0 Å². The summed E-state index contributed by atoms with van der Waals surface area (Å²) in [6.07, 6.45) is 1.29. The molecule has 1 unspecified atom stereocenters. The van der Waals surface area contributed by atoms with E-state index in [1.165, 1.54) is 6.26 Å². The van der Waals surface area contributed by atoms with Crippen LogP contribution in [0.15, 0.2) is 75.3 Å². The second-order valence-electron chi connectivity index (χ2n) is 6.89. The Bertz CT molecular complexity index is 1230. The molecule has 30 heavy (non-hydrogen) atoms. The summed E-state index contributed by atoms with van der Waals surface area (Å²) in [5, 5.41) is 5.55. The monoisotopic (exact) mass is 404 g/mol. The number of ether oxygens (including phenoxy) is 1. The second kappa shape index (κ2) is 7.87. The van der Waals surface area contributed by atoms with Crippen LogP contribution in [-0.4, -0.2) is 18.6 Å². The third-order valence-electron chi connectivity index (χ3n) is 4.98. The van der Waals surface area contributed by atoms with Crippen molar-refractivity contribution in [1.29, 1.82) is 0 Å². The number of hydrogen-bond donors (Lipinski definition) is 2. The molecule has 0 spiro atoms. The van der Waals surface area contributed by atoms with Crippen LogP contribution < -0.4 is 16.1 Å². The molecule has 152 valence electrons. The van der Waals surface area contributed by atoms with Gasteiger partial charge in [-0.2, -0.15) is 0 Å². The number of hydrogen-bond acceptors (Lipinski definition) is 5. The minimum atomic E-state index is -0.973. The van der Waals surface area contributed by atoms with E-state index in [0.29, 0.717) is 16.7 Å². The van der Waals surface area contributed by atoms with E-state index in [9.17, 15) is 14.4 Å². The van der Waals surface area contributed by atoms with Crippen molar-refractivity contribution in [3.63, 3.8) is 0 Å². The lowest BCUT2D eigenvalue weighted by Gasteiger charge is -2.27. The second-order valence-corrected chi connectivity index (χ2v) is 6.89. The SMILES string of the molecule is CCOC(=O)C1=C(C)NC(=O)NC1c1coc2ccc(-c3ccccc3)cc2c1=O. The molecule has 1 aromatic heterocycles. The topological polar surface area (TPSA) is 97.6 Å². The number of fused-ring (bicyclic) bond motifs is 1. The first-order valence-electron chi connectivity index (χ1n) is 9.56. The van der Waals surface area contributed by atoms with Gasteiger partial charge in [0.1, 0.15) is 11.8 Å². The Balaban J connectivity index is 1.86. The zero-order valence-electron chi connectivity index (χ0n) is 16.5. The van der Waals surface area contributed by atoms with E-state index < -0.39 is 18.0 Å². The van der Waals surface area contributed by atoms with Gasteiger partial charge in [0.2, 0.25) is 0 Å². The predicted molar refractivity (Wildman–Crippen MR) is 112 cm³/mol. The number of carbonyl (C=O) groups excluding carboxylic acids is 2. The van der Waals surface area contributed by atoms with Crippen molar-refractivity contribution >= 4 is 23.0 Å². The number of carbonyl (C=O) groups is 2. The molecule has 0 aliphatic carbocycles. The van der Waals surface area contributed by atoms with Crippen LogP contribution in [-0.2, 0) is 9.53 Å². The number of nitrogens with one attached hydrogen (secondary N) is 2. The van der Waals surface area contributed by atoms with Crippen LogP contribution in [0.2, 0.25) is 0 Å². The van der Waals surface area contributed by atoms with Crippen molar-refractivity contribution in [2.45, 2.75) is 19.9 Å². The van der Waals surface area contributed by atoms with Crippen molar-refractivity contribution < 1.29 is 18.7 Å². The van der Waals surface area contributed by atoms with Crippen LogP contribution >= 0.6 is 0 Å². The van der Waals surface area contributed by atoms with Gasteiger partial charge in [-0.05, 0) is 37.1 Å². The number of rotatable bonds is 4. The van der Waals surface area contributed by atoms with Gasteiger partial charge in [0.05, 0.1) is 29.2 Å². The quantitative estimate of drug-likeness (QED) is 0.647. The molecule has 0 radical (unpaired) electrons. The van der Waals surface area contributed by atoms with Crippen molar-refractivity contribution in [3.05, 3.63) is 81.9 Å². The molecule has 1 aliphatic rings. The predicted octanol–water partition coefficient (Wildman–Crippen LogP) is 3.65. The van der Waals surface area contributed by atoms with Gasteiger partial charge in [-0.15, -0.1) is 0 Å². The molecule has 2 heterocycles. The third kappa shape index (κ3) is 3.45. The molecule has 1 atom stereocenters. The Hall–Kier alpha value is -3.87. The van der Waals surface area contributed by atoms with Crippen molar-refractivity contribution in [2.24, 2.45) is 0 Å². The van der Waals surface area contributed by atoms with Gasteiger partial charge in [-0.25, -0.2) is 9.59 Å². The van der Waals surface area contributed by atoms with Gasteiger partial charge >= 0.3 is 12.0 Å². The zero-order valence-corrected chi connectivity index (χ0v) is 16.5. The van der Waals surface area contributed by atoms with E-state index in [0.717, 1.165) is 11.1 Å². The van der Waals surface area contributed by atoms with E-state index >= 15 is 0 Å². The van der Waals surface area contributed by atoms with Gasteiger partial charge in [0.15, 0.2) is 5.43 Å². The summed E-state index contributed by atoms with van der Waals surface area (Å²) in [7, 11) is 0. The van der Waals surface area contributed by atoms with Crippen LogP contribution in [0, 0.1) is 0 Å². The average Bonchev–Trinajstić information content (AvgIpc) is 2.74. The van der Waals surface area contributed by atoms with E-state index in [4.69, 9.17) is 9.15 Å². The molecular weight excluding hydrogens is 384 g/mol. The summed E-state index contributed by atoms with van der Waals surface area (Å²) in [6, 6.07) is 13.5. The minimum Gasteiger partial charge on any atom is -0.464 e. The highest BCUT2D eigenvalue weighted by atomic mass is 16.5. The minimum absolute atomic E-state index is 0.157. The number of esters is 1. The lowest BCUT2D eigenvalue weighted by atomic mass is 9.95. The highest BCUT2D eigenvalue weighted by molar-refractivity contribution is 5.95. The van der Waals surface area contributed by atoms with E-state index in [1.807, 2.05) is 36.4 Å². The largest absolute Gasteiger partial charge is 0.464 e. The lowest BCUT2D eigenvalue weighted by molar-refractivity contribution is -0.139. The van der Waals surface area contributed by atoms with Crippen LogP contribution in [0.1, 0.15) is 25.5 Å². The molecule has 0 fully saturated rings. The molecule has 7 heteroatoms. The van der Waals surface area contributed by atoms with Gasteiger partial charge in [-0.1, -0.05) is 36.4 Å². The smallest absolute Gasteiger partial charge is 0.338 e. The average molecular weight is 404 g/mol. The lowest BCUT2D eigenvalue weighted by Crippen LogP contribution is -2.46. The third-order valence-corrected chi connectivity index (χ3v) is 4.98. The van der Waals surface area contributed by atoms with E-state index in [-0.39, 0.29) is 23.2 Å². The molecule has 2 amide bonds. The first-order valence-corrected chi connectivity index (χ1v) is 9.56. The Morgan fingerprint density at radius 3 is 2.60 bits per heavy atom. The summed E-state index contributed by atoms with van der Waals surface area (Å²) >= 11 is 0. The van der Waals surface area contributed by atoms with Crippen LogP contribution in [0.25, 0.3) is 22.1 Å². The fourth-order valence-electron chi connectivity index (χ4n) is 3.56. The van der Waals surface area contributed by atoms with Gasteiger partial charge < -0.3 is 19.8 Å². The standard InChI is InChI=1S/C23H20N2O5/c1-3-29-22(27)19-13(2)24-23(28)25-20(19)17-12-30-18-10-9-15(11-16(18)21(17)26)14-7-5-4-6-8-14/h4-12,20H,3H2,1-2H3,(H2,24,25,28). The number of benzene rings is 2. The normalized spacial score (nSPS) is 16.2. The van der Waals surface area contributed by atoms with Crippen molar-refractivity contribution in [1.82, 2.24) is 10.6 Å². The molecular formula is C23H20N2O5. The molecule has 3 aromatic rings. The van der Waals surface area contributed by atoms with Crippen LogP contribution in [0.5, 0.6) is 0 Å². The highest BCUT2D eigenvalue weighted by Gasteiger charge is 2.34. The Labute approximate surface area is 172 Å². The van der Waals surface area contributed by atoms with Gasteiger partial charge in [0.25, 0.3) is 0 Å². The number of urea groups is 1. The van der Waals surface area contributed by atoms with E-state index in [2.05, 4.69) is 10.6 Å². The molecule has 2 N–H and O–H groups in total. The number of amides is 2. The Morgan fingerprint density at radius 1 is 1.10 bits per heavy atom. The molecule has 1 aliphatic heterocycles.